The van der Waals surface area contributed by atoms with Gasteiger partial charge in [0.1, 0.15) is 5.82 Å². The minimum atomic E-state index is -0.328. The zero-order valence-corrected chi connectivity index (χ0v) is 11.2. The zero-order chi connectivity index (χ0) is 13.5. The van der Waals surface area contributed by atoms with E-state index in [4.69, 9.17) is 0 Å². The number of aryl methyl sites for hydroxylation is 1. The van der Waals surface area contributed by atoms with Gasteiger partial charge in [-0.1, -0.05) is 19.9 Å². The molecule has 0 radical (unpaired) electrons. The van der Waals surface area contributed by atoms with Crippen LogP contribution in [0, 0.1) is 12.7 Å². The summed E-state index contributed by atoms with van der Waals surface area (Å²) in [5.74, 6) is -0.436. The highest BCUT2D eigenvalue weighted by Gasteiger charge is 2.09. The molecule has 1 aromatic rings. The summed E-state index contributed by atoms with van der Waals surface area (Å²) in [6, 6.07) is 5.10. The summed E-state index contributed by atoms with van der Waals surface area (Å²) in [7, 11) is 0. The number of carbonyl (C=O) groups excluding carboxylic acids is 1. The maximum Gasteiger partial charge on any atom is 0.239 e. The van der Waals surface area contributed by atoms with Crippen LogP contribution in [-0.4, -0.2) is 18.5 Å². The fourth-order valence-electron chi connectivity index (χ4n) is 1.71. The van der Waals surface area contributed by atoms with E-state index in [1.165, 1.54) is 6.07 Å². The molecule has 2 N–H and O–H groups in total. The molecule has 0 aliphatic rings. The zero-order valence-electron chi connectivity index (χ0n) is 11.2. The summed E-state index contributed by atoms with van der Waals surface area (Å²) in [5.41, 5.74) is 1.22. The van der Waals surface area contributed by atoms with Crippen LogP contribution in [0.4, 0.5) is 10.1 Å². The lowest BCUT2D eigenvalue weighted by molar-refractivity contribution is -0.120. The molecule has 0 heterocycles. The molecule has 0 spiro atoms. The number of hydrogen-bond donors (Lipinski definition) is 2. The van der Waals surface area contributed by atoms with Gasteiger partial charge in [-0.3, -0.25) is 4.79 Å². The number of nitrogens with one attached hydrogen (secondary N) is 2. The van der Waals surface area contributed by atoms with Crippen LogP contribution in [0.5, 0.6) is 0 Å². The van der Waals surface area contributed by atoms with Gasteiger partial charge >= 0.3 is 0 Å². The van der Waals surface area contributed by atoms with Crippen LogP contribution in [0.1, 0.15) is 32.3 Å². The van der Waals surface area contributed by atoms with Crippen molar-refractivity contribution in [3.05, 3.63) is 29.6 Å². The highest BCUT2D eigenvalue weighted by atomic mass is 19.1. The number of hydrogen-bond acceptors (Lipinski definition) is 2. The third-order valence-electron chi connectivity index (χ3n) is 2.91. The highest BCUT2D eigenvalue weighted by molar-refractivity contribution is 5.81. The molecule has 0 aliphatic heterocycles. The SMILES string of the molecule is CCC(CC)NC(=O)CNc1ccc(C)cc1F. The van der Waals surface area contributed by atoms with Crippen molar-refractivity contribution in [3.8, 4) is 0 Å². The maximum absolute atomic E-state index is 13.5. The molecule has 1 rings (SSSR count). The molecule has 3 nitrogen and oxygen atoms in total. The van der Waals surface area contributed by atoms with E-state index in [0.717, 1.165) is 18.4 Å². The quantitative estimate of drug-likeness (QED) is 0.817. The molecule has 1 aromatic carbocycles. The van der Waals surface area contributed by atoms with E-state index in [2.05, 4.69) is 10.6 Å². The van der Waals surface area contributed by atoms with E-state index in [9.17, 15) is 9.18 Å². The lowest BCUT2D eigenvalue weighted by Gasteiger charge is -2.15. The van der Waals surface area contributed by atoms with Crippen molar-refractivity contribution in [1.82, 2.24) is 5.32 Å². The van der Waals surface area contributed by atoms with Gasteiger partial charge in [-0.2, -0.15) is 0 Å². The standard InChI is InChI=1S/C14H21FN2O/c1-4-11(5-2)17-14(18)9-16-13-7-6-10(3)8-12(13)15/h6-8,11,16H,4-5,9H2,1-3H3,(H,17,18). The lowest BCUT2D eigenvalue weighted by atomic mass is 10.2. The van der Waals surface area contributed by atoms with Gasteiger partial charge in [0.25, 0.3) is 0 Å². The highest BCUT2D eigenvalue weighted by Crippen LogP contribution is 2.14. The second kappa shape index (κ2) is 6.99. The van der Waals surface area contributed by atoms with Gasteiger partial charge in [-0.05, 0) is 37.5 Å². The van der Waals surface area contributed by atoms with Crippen molar-refractivity contribution >= 4 is 11.6 Å². The fourth-order valence-corrected chi connectivity index (χ4v) is 1.71. The molecule has 4 heteroatoms. The van der Waals surface area contributed by atoms with Crippen molar-refractivity contribution in [1.29, 1.82) is 0 Å². The molecule has 0 atom stereocenters. The van der Waals surface area contributed by atoms with Gasteiger partial charge in [-0.15, -0.1) is 0 Å². The van der Waals surface area contributed by atoms with E-state index >= 15 is 0 Å². The number of rotatable bonds is 6. The first-order valence-corrected chi connectivity index (χ1v) is 6.36. The number of halogens is 1. The summed E-state index contributed by atoms with van der Waals surface area (Å²) < 4.78 is 13.5. The average Bonchev–Trinajstić information content (AvgIpc) is 2.35. The molecule has 18 heavy (non-hydrogen) atoms. The first kappa shape index (κ1) is 14.5. The van der Waals surface area contributed by atoms with Gasteiger partial charge in [-0.25, -0.2) is 4.39 Å². The molecule has 0 unspecified atom stereocenters. The van der Waals surface area contributed by atoms with Crippen LogP contribution >= 0.6 is 0 Å². The molecule has 0 bridgehead atoms. The Bertz CT molecular complexity index is 403. The first-order valence-electron chi connectivity index (χ1n) is 6.36. The molecule has 0 fully saturated rings. The van der Waals surface area contributed by atoms with Crippen LogP contribution in [0.15, 0.2) is 18.2 Å². The predicted molar refractivity (Wildman–Crippen MR) is 72.1 cm³/mol. The first-order chi connectivity index (χ1) is 8.56. The Balaban J connectivity index is 2.47. The molecule has 1 amide bonds. The molecular weight excluding hydrogens is 231 g/mol. The Morgan fingerprint density at radius 2 is 2.00 bits per heavy atom. The Morgan fingerprint density at radius 3 is 2.56 bits per heavy atom. The normalized spacial score (nSPS) is 10.5. The molecule has 0 saturated heterocycles. The van der Waals surface area contributed by atoms with Gasteiger partial charge in [0.05, 0.1) is 12.2 Å². The van der Waals surface area contributed by atoms with Crippen molar-refractivity contribution in [3.63, 3.8) is 0 Å². The van der Waals surface area contributed by atoms with Crippen molar-refractivity contribution in [2.75, 3.05) is 11.9 Å². The summed E-state index contributed by atoms with van der Waals surface area (Å²) in [4.78, 5) is 11.6. The lowest BCUT2D eigenvalue weighted by Crippen LogP contribution is -2.37. The summed E-state index contributed by atoms with van der Waals surface area (Å²) >= 11 is 0. The Kier molecular flexibility index (Phi) is 5.62. The van der Waals surface area contributed by atoms with Crippen molar-refractivity contribution in [2.24, 2.45) is 0 Å². The van der Waals surface area contributed by atoms with Crippen LogP contribution in [0.25, 0.3) is 0 Å². The van der Waals surface area contributed by atoms with E-state index in [-0.39, 0.29) is 24.3 Å². The van der Waals surface area contributed by atoms with Gasteiger partial charge < -0.3 is 10.6 Å². The van der Waals surface area contributed by atoms with Crippen LogP contribution in [0.3, 0.4) is 0 Å². The number of benzene rings is 1. The predicted octanol–water partition coefficient (Wildman–Crippen LogP) is 2.85. The minimum absolute atomic E-state index is 0.0937. The molecule has 0 saturated carbocycles. The number of anilines is 1. The molecule has 100 valence electrons. The number of amides is 1. The van der Waals surface area contributed by atoms with Crippen molar-refractivity contribution in [2.45, 2.75) is 39.7 Å². The monoisotopic (exact) mass is 252 g/mol. The van der Waals surface area contributed by atoms with E-state index in [0.29, 0.717) is 5.69 Å². The topological polar surface area (TPSA) is 41.1 Å². The van der Waals surface area contributed by atoms with Crippen LogP contribution in [-0.2, 0) is 4.79 Å². The third kappa shape index (κ3) is 4.35. The van der Waals surface area contributed by atoms with E-state index in [1.54, 1.807) is 6.07 Å². The van der Waals surface area contributed by atoms with E-state index in [1.807, 2.05) is 26.8 Å². The van der Waals surface area contributed by atoms with Gasteiger partial charge in [0.2, 0.25) is 5.91 Å². The Labute approximate surface area is 108 Å². The van der Waals surface area contributed by atoms with Gasteiger partial charge in [0, 0.05) is 6.04 Å². The summed E-state index contributed by atoms with van der Waals surface area (Å²) in [5, 5.41) is 5.70. The smallest absolute Gasteiger partial charge is 0.239 e. The van der Waals surface area contributed by atoms with Crippen molar-refractivity contribution < 1.29 is 9.18 Å². The molecular formula is C14H21FN2O. The summed E-state index contributed by atoms with van der Waals surface area (Å²) in [6.07, 6.45) is 1.81. The molecule has 0 aliphatic carbocycles. The van der Waals surface area contributed by atoms with Crippen LogP contribution < -0.4 is 10.6 Å². The fraction of sp³-hybridized carbons (Fsp3) is 0.500. The minimum Gasteiger partial charge on any atom is -0.374 e. The summed E-state index contributed by atoms with van der Waals surface area (Å²) in [6.45, 7) is 5.98. The Hall–Kier alpha value is -1.58. The molecule has 0 aromatic heterocycles. The second-order valence-corrected chi connectivity index (χ2v) is 4.42. The maximum atomic E-state index is 13.5. The number of carbonyl (C=O) groups is 1. The van der Waals surface area contributed by atoms with E-state index < -0.39 is 0 Å². The third-order valence-corrected chi connectivity index (χ3v) is 2.91. The van der Waals surface area contributed by atoms with Gasteiger partial charge in [0.15, 0.2) is 0 Å². The average molecular weight is 252 g/mol. The largest absolute Gasteiger partial charge is 0.374 e. The Morgan fingerprint density at radius 1 is 1.33 bits per heavy atom. The second-order valence-electron chi connectivity index (χ2n) is 4.42. The van der Waals surface area contributed by atoms with Crippen LogP contribution in [0.2, 0.25) is 0 Å².